The number of aromatic nitrogens is 3. The minimum atomic E-state index is 0.727. The summed E-state index contributed by atoms with van der Waals surface area (Å²) in [5.74, 6) is 0.996. The zero-order valence-corrected chi connectivity index (χ0v) is 10.8. The van der Waals surface area contributed by atoms with Crippen LogP contribution in [-0.2, 0) is 6.54 Å². The van der Waals surface area contributed by atoms with Crippen molar-refractivity contribution in [1.29, 1.82) is 0 Å². The minimum Gasteiger partial charge on any atom is -0.320 e. The van der Waals surface area contributed by atoms with Gasteiger partial charge in [0.1, 0.15) is 5.82 Å². The maximum atomic E-state index is 4.41. The third-order valence-corrected chi connectivity index (χ3v) is 3.07. The summed E-state index contributed by atoms with van der Waals surface area (Å²) in [7, 11) is 0. The van der Waals surface area contributed by atoms with Crippen molar-refractivity contribution in [2.24, 2.45) is 0 Å². The number of nitrogens with one attached hydrogen (secondary N) is 1. The summed E-state index contributed by atoms with van der Waals surface area (Å²) in [6.07, 6.45) is 5.88. The van der Waals surface area contributed by atoms with E-state index in [9.17, 15) is 0 Å². The van der Waals surface area contributed by atoms with Gasteiger partial charge in [-0.05, 0) is 31.2 Å². The van der Waals surface area contributed by atoms with E-state index in [2.05, 4.69) is 27.1 Å². The molecule has 0 atom stereocenters. The number of hydrogen-bond donors (Lipinski definition) is 1. The molecule has 19 heavy (non-hydrogen) atoms. The standard InChI is InChI=1S/C15H16N4/c1-13-16-11-15(12-17-18-9-5-6-10-18)19(13)14-7-3-2-4-8-14/h2-11,17H,12H2,1H3. The molecule has 1 N–H and O–H groups in total. The van der Waals surface area contributed by atoms with Crippen LogP contribution in [0.15, 0.2) is 61.1 Å². The molecule has 1 aromatic carbocycles. The Bertz CT molecular complexity index is 638. The molecular formula is C15H16N4. The summed E-state index contributed by atoms with van der Waals surface area (Å²) in [6.45, 7) is 2.75. The van der Waals surface area contributed by atoms with Crippen molar-refractivity contribution < 1.29 is 0 Å². The number of rotatable bonds is 4. The fraction of sp³-hybridized carbons (Fsp3) is 0.133. The summed E-state index contributed by atoms with van der Waals surface area (Å²) >= 11 is 0. The monoisotopic (exact) mass is 252 g/mol. The largest absolute Gasteiger partial charge is 0.320 e. The normalized spacial score (nSPS) is 10.6. The van der Waals surface area contributed by atoms with Crippen LogP contribution >= 0.6 is 0 Å². The van der Waals surface area contributed by atoms with Crippen LogP contribution in [0.25, 0.3) is 5.69 Å². The van der Waals surface area contributed by atoms with Crippen LogP contribution in [0.3, 0.4) is 0 Å². The fourth-order valence-electron chi connectivity index (χ4n) is 2.16. The molecule has 0 radical (unpaired) electrons. The Morgan fingerprint density at radius 2 is 1.79 bits per heavy atom. The van der Waals surface area contributed by atoms with Gasteiger partial charge < -0.3 is 5.43 Å². The molecule has 3 rings (SSSR count). The van der Waals surface area contributed by atoms with Gasteiger partial charge in [-0.25, -0.2) is 4.98 Å². The molecule has 0 aliphatic carbocycles. The molecule has 0 fully saturated rings. The van der Waals surface area contributed by atoms with Gasteiger partial charge in [-0.3, -0.25) is 9.24 Å². The first-order valence-electron chi connectivity index (χ1n) is 6.30. The first-order chi connectivity index (χ1) is 9.34. The molecule has 0 bridgehead atoms. The maximum Gasteiger partial charge on any atom is 0.110 e. The molecule has 0 saturated carbocycles. The second kappa shape index (κ2) is 5.02. The van der Waals surface area contributed by atoms with Crippen molar-refractivity contribution in [3.63, 3.8) is 0 Å². The molecule has 0 amide bonds. The molecule has 0 unspecified atom stereocenters. The van der Waals surface area contributed by atoms with E-state index in [-0.39, 0.29) is 0 Å². The van der Waals surface area contributed by atoms with Crippen LogP contribution in [0, 0.1) is 6.92 Å². The van der Waals surface area contributed by atoms with E-state index in [1.165, 1.54) is 0 Å². The average Bonchev–Trinajstić information content (AvgIpc) is 3.07. The molecule has 2 heterocycles. The lowest BCUT2D eigenvalue weighted by Gasteiger charge is -2.12. The van der Waals surface area contributed by atoms with E-state index in [0.29, 0.717) is 0 Å². The van der Waals surface area contributed by atoms with Crippen LogP contribution in [0.2, 0.25) is 0 Å². The van der Waals surface area contributed by atoms with Gasteiger partial charge in [-0.2, -0.15) is 0 Å². The van der Waals surface area contributed by atoms with Crippen LogP contribution in [0.5, 0.6) is 0 Å². The lowest BCUT2D eigenvalue weighted by atomic mass is 10.3. The van der Waals surface area contributed by atoms with Gasteiger partial charge in [0.2, 0.25) is 0 Å². The van der Waals surface area contributed by atoms with Gasteiger partial charge in [0, 0.05) is 18.1 Å². The van der Waals surface area contributed by atoms with Crippen LogP contribution in [-0.4, -0.2) is 14.2 Å². The molecular weight excluding hydrogens is 236 g/mol. The van der Waals surface area contributed by atoms with Crippen molar-refractivity contribution in [2.45, 2.75) is 13.5 Å². The van der Waals surface area contributed by atoms with E-state index >= 15 is 0 Å². The predicted molar refractivity (Wildman–Crippen MR) is 75.8 cm³/mol. The Morgan fingerprint density at radius 1 is 1.05 bits per heavy atom. The van der Waals surface area contributed by atoms with Crippen molar-refractivity contribution in [2.75, 3.05) is 5.43 Å². The number of nitrogens with zero attached hydrogens (tertiary/aromatic N) is 3. The smallest absolute Gasteiger partial charge is 0.110 e. The third kappa shape index (κ3) is 2.38. The zero-order valence-electron chi connectivity index (χ0n) is 10.8. The van der Waals surface area contributed by atoms with Gasteiger partial charge in [-0.15, -0.1) is 0 Å². The average molecular weight is 252 g/mol. The molecule has 0 saturated heterocycles. The number of para-hydroxylation sites is 1. The molecule has 96 valence electrons. The third-order valence-electron chi connectivity index (χ3n) is 3.07. The van der Waals surface area contributed by atoms with Crippen molar-refractivity contribution >= 4 is 0 Å². The zero-order chi connectivity index (χ0) is 13.1. The summed E-state index contributed by atoms with van der Waals surface area (Å²) in [4.78, 5) is 4.41. The van der Waals surface area contributed by atoms with Crippen molar-refractivity contribution in [3.05, 3.63) is 72.6 Å². The Kier molecular flexibility index (Phi) is 3.06. The summed E-state index contributed by atoms with van der Waals surface area (Å²) in [5, 5.41) is 0. The van der Waals surface area contributed by atoms with Gasteiger partial charge >= 0.3 is 0 Å². The predicted octanol–water partition coefficient (Wildman–Crippen LogP) is 2.73. The molecule has 4 nitrogen and oxygen atoms in total. The molecule has 2 aromatic heterocycles. The first-order valence-corrected chi connectivity index (χ1v) is 6.30. The maximum absolute atomic E-state index is 4.41. The van der Waals surface area contributed by atoms with E-state index < -0.39 is 0 Å². The van der Waals surface area contributed by atoms with E-state index in [1.54, 1.807) is 0 Å². The highest BCUT2D eigenvalue weighted by atomic mass is 15.4. The number of benzene rings is 1. The molecule has 0 aliphatic heterocycles. The minimum absolute atomic E-state index is 0.727. The molecule has 0 aliphatic rings. The Morgan fingerprint density at radius 3 is 2.53 bits per heavy atom. The molecule has 3 aromatic rings. The van der Waals surface area contributed by atoms with Gasteiger partial charge in [0.05, 0.1) is 18.4 Å². The highest BCUT2D eigenvalue weighted by Gasteiger charge is 2.07. The van der Waals surface area contributed by atoms with E-state index in [1.807, 2.05) is 60.5 Å². The van der Waals surface area contributed by atoms with E-state index in [0.717, 1.165) is 23.8 Å². The Balaban J connectivity index is 1.87. The van der Waals surface area contributed by atoms with Gasteiger partial charge in [0.15, 0.2) is 0 Å². The van der Waals surface area contributed by atoms with Crippen molar-refractivity contribution in [3.8, 4) is 5.69 Å². The van der Waals surface area contributed by atoms with Crippen LogP contribution in [0.4, 0.5) is 0 Å². The second-order valence-electron chi connectivity index (χ2n) is 4.39. The lowest BCUT2D eigenvalue weighted by molar-refractivity contribution is 0.802. The second-order valence-corrected chi connectivity index (χ2v) is 4.39. The lowest BCUT2D eigenvalue weighted by Crippen LogP contribution is -2.14. The van der Waals surface area contributed by atoms with Gasteiger partial charge in [0.25, 0.3) is 0 Å². The van der Waals surface area contributed by atoms with E-state index in [4.69, 9.17) is 0 Å². The summed E-state index contributed by atoms with van der Waals surface area (Å²) in [6, 6.07) is 14.3. The molecule has 4 heteroatoms. The topological polar surface area (TPSA) is 34.8 Å². The highest BCUT2D eigenvalue weighted by Crippen LogP contribution is 2.14. The highest BCUT2D eigenvalue weighted by molar-refractivity contribution is 5.35. The number of aryl methyl sites for hydroxylation is 1. The Labute approximate surface area is 112 Å². The van der Waals surface area contributed by atoms with Gasteiger partial charge in [-0.1, -0.05) is 18.2 Å². The first kappa shape index (κ1) is 11.6. The molecule has 0 spiro atoms. The number of imidazole rings is 1. The summed E-state index contributed by atoms with van der Waals surface area (Å²) in [5.41, 5.74) is 5.60. The Hall–Kier alpha value is -2.49. The van der Waals surface area contributed by atoms with Crippen LogP contribution < -0.4 is 5.43 Å². The fourth-order valence-corrected chi connectivity index (χ4v) is 2.16. The van der Waals surface area contributed by atoms with Crippen LogP contribution in [0.1, 0.15) is 11.5 Å². The van der Waals surface area contributed by atoms with Crippen molar-refractivity contribution in [1.82, 2.24) is 14.2 Å². The number of hydrogen-bond acceptors (Lipinski definition) is 2. The quantitative estimate of drug-likeness (QED) is 0.774. The summed E-state index contributed by atoms with van der Waals surface area (Å²) < 4.78 is 4.11. The SMILES string of the molecule is Cc1ncc(CNn2cccc2)n1-c1ccccc1.